The van der Waals surface area contributed by atoms with Crippen molar-refractivity contribution in [2.24, 2.45) is 0 Å². The summed E-state index contributed by atoms with van der Waals surface area (Å²) in [7, 11) is 1.46. The highest BCUT2D eigenvalue weighted by Gasteiger charge is 2.18. The fourth-order valence-corrected chi connectivity index (χ4v) is 2.31. The minimum Gasteiger partial charge on any atom is -0.453 e. The monoisotopic (exact) mass is 278 g/mol. The van der Waals surface area contributed by atoms with Gasteiger partial charge >= 0.3 is 6.08 Å². The van der Waals surface area contributed by atoms with Crippen LogP contribution in [0, 0.1) is 6.92 Å². The number of methoxy groups -OCH3 is 1. The first kappa shape index (κ1) is 13.4. The highest BCUT2D eigenvalue weighted by molar-refractivity contribution is 7.10. The highest BCUT2D eigenvalue weighted by atomic mass is 32.1. The summed E-state index contributed by atoms with van der Waals surface area (Å²) in [6, 6.07) is 2.03. The molecular formula is C13H14N2O3S. The Bertz CT molecular complexity index is 588. The number of aromatic nitrogens is 1. The van der Waals surface area contributed by atoms with Gasteiger partial charge < -0.3 is 9.15 Å². The SMILES string of the molecule is C=CC(=O)N(Cc1csc(C)c1)c1cnc(OC)o1. The molecule has 2 aromatic heterocycles. The zero-order chi connectivity index (χ0) is 13.8. The zero-order valence-electron chi connectivity index (χ0n) is 10.8. The second-order valence-corrected chi connectivity index (χ2v) is 4.98. The molecule has 0 radical (unpaired) electrons. The fraction of sp³-hybridized carbons (Fsp3) is 0.231. The molecule has 0 aliphatic carbocycles. The highest BCUT2D eigenvalue weighted by Crippen LogP contribution is 2.24. The van der Waals surface area contributed by atoms with E-state index < -0.39 is 0 Å². The van der Waals surface area contributed by atoms with Gasteiger partial charge in [-0.3, -0.25) is 9.69 Å². The fourth-order valence-electron chi connectivity index (χ4n) is 1.61. The van der Waals surface area contributed by atoms with Crippen LogP contribution < -0.4 is 9.64 Å². The molecule has 0 atom stereocenters. The third-order valence-electron chi connectivity index (χ3n) is 2.48. The van der Waals surface area contributed by atoms with Gasteiger partial charge in [-0.1, -0.05) is 6.58 Å². The van der Waals surface area contributed by atoms with Gasteiger partial charge in [-0.05, 0) is 30.0 Å². The molecule has 6 heteroatoms. The van der Waals surface area contributed by atoms with Gasteiger partial charge in [0.05, 0.1) is 19.9 Å². The van der Waals surface area contributed by atoms with Crippen LogP contribution in [0.1, 0.15) is 10.4 Å². The predicted molar refractivity (Wildman–Crippen MR) is 73.5 cm³/mol. The summed E-state index contributed by atoms with van der Waals surface area (Å²) in [6.45, 7) is 5.93. The number of carbonyl (C=O) groups is 1. The number of ether oxygens (including phenoxy) is 1. The molecule has 0 aliphatic heterocycles. The van der Waals surface area contributed by atoms with E-state index in [1.54, 1.807) is 11.3 Å². The van der Waals surface area contributed by atoms with Gasteiger partial charge in [0.15, 0.2) is 0 Å². The van der Waals surface area contributed by atoms with E-state index in [2.05, 4.69) is 11.6 Å². The number of oxazole rings is 1. The quantitative estimate of drug-likeness (QED) is 0.789. The smallest absolute Gasteiger partial charge is 0.395 e. The van der Waals surface area contributed by atoms with Crippen LogP contribution in [0.2, 0.25) is 0 Å². The van der Waals surface area contributed by atoms with Crippen molar-refractivity contribution in [1.29, 1.82) is 0 Å². The molecule has 19 heavy (non-hydrogen) atoms. The van der Waals surface area contributed by atoms with Crippen LogP contribution in [-0.2, 0) is 11.3 Å². The molecule has 2 aromatic rings. The number of anilines is 1. The molecule has 0 N–H and O–H groups in total. The van der Waals surface area contributed by atoms with E-state index in [9.17, 15) is 4.79 Å². The first-order valence-electron chi connectivity index (χ1n) is 5.61. The molecule has 0 aromatic carbocycles. The molecule has 100 valence electrons. The Morgan fingerprint density at radius 2 is 2.47 bits per heavy atom. The zero-order valence-corrected chi connectivity index (χ0v) is 11.6. The van der Waals surface area contributed by atoms with Crippen molar-refractivity contribution in [3.05, 3.63) is 40.7 Å². The molecule has 5 nitrogen and oxygen atoms in total. The Morgan fingerprint density at radius 3 is 3.00 bits per heavy atom. The van der Waals surface area contributed by atoms with Gasteiger partial charge in [-0.15, -0.1) is 11.3 Å². The van der Waals surface area contributed by atoms with Crippen LogP contribution in [-0.4, -0.2) is 18.0 Å². The van der Waals surface area contributed by atoms with Crippen LogP contribution in [0.5, 0.6) is 6.08 Å². The summed E-state index contributed by atoms with van der Waals surface area (Å²) < 4.78 is 10.2. The van der Waals surface area contributed by atoms with Gasteiger partial charge in [0.1, 0.15) is 0 Å². The number of amides is 1. The Labute approximate surface area is 115 Å². The van der Waals surface area contributed by atoms with E-state index in [0.717, 1.165) is 5.56 Å². The maximum Gasteiger partial charge on any atom is 0.395 e. The maximum absolute atomic E-state index is 11.9. The average molecular weight is 278 g/mol. The lowest BCUT2D eigenvalue weighted by atomic mass is 10.3. The Kier molecular flexibility index (Phi) is 4.01. The second-order valence-electron chi connectivity index (χ2n) is 3.86. The largest absolute Gasteiger partial charge is 0.453 e. The van der Waals surface area contributed by atoms with Crippen molar-refractivity contribution in [3.63, 3.8) is 0 Å². The van der Waals surface area contributed by atoms with Crippen molar-refractivity contribution < 1.29 is 13.9 Å². The van der Waals surface area contributed by atoms with Gasteiger partial charge in [0.2, 0.25) is 5.88 Å². The van der Waals surface area contributed by atoms with Gasteiger partial charge in [-0.25, -0.2) is 0 Å². The molecule has 2 rings (SSSR count). The number of hydrogen-bond acceptors (Lipinski definition) is 5. The summed E-state index contributed by atoms with van der Waals surface area (Å²) in [5.41, 5.74) is 1.04. The van der Waals surface area contributed by atoms with E-state index in [1.165, 1.54) is 29.2 Å². The van der Waals surface area contributed by atoms with Crippen molar-refractivity contribution in [2.45, 2.75) is 13.5 Å². The predicted octanol–water partition coefficient (Wildman–Crippen LogP) is 2.77. The molecule has 0 saturated heterocycles. The summed E-state index contributed by atoms with van der Waals surface area (Å²) in [5.74, 6) is 0.0910. The Hall–Kier alpha value is -2.08. The first-order valence-corrected chi connectivity index (χ1v) is 6.49. The Balaban J connectivity index is 2.25. The van der Waals surface area contributed by atoms with E-state index in [0.29, 0.717) is 12.4 Å². The molecular weight excluding hydrogens is 264 g/mol. The Morgan fingerprint density at radius 1 is 1.68 bits per heavy atom. The third kappa shape index (κ3) is 3.03. The molecule has 0 spiro atoms. The minimum atomic E-state index is -0.248. The van der Waals surface area contributed by atoms with Crippen molar-refractivity contribution in [1.82, 2.24) is 4.98 Å². The number of thiophene rings is 1. The van der Waals surface area contributed by atoms with Crippen LogP contribution in [0.25, 0.3) is 0 Å². The van der Waals surface area contributed by atoms with Crippen LogP contribution in [0.15, 0.2) is 34.7 Å². The number of carbonyl (C=O) groups excluding carboxylic acids is 1. The van der Waals surface area contributed by atoms with Crippen molar-refractivity contribution >= 4 is 23.1 Å². The van der Waals surface area contributed by atoms with E-state index in [1.807, 2.05) is 18.4 Å². The van der Waals surface area contributed by atoms with E-state index in [4.69, 9.17) is 9.15 Å². The third-order valence-corrected chi connectivity index (χ3v) is 3.39. The lowest BCUT2D eigenvalue weighted by Crippen LogP contribution is -2.27. The second kappa shape index (κ2) is 5.71. The number of nitrogens with zero attached hydrogens (tertiary/aromatic N) is 2. The summed E-state index contributed by atoms with van der Waals surface area (Å²) in [4.78, 5) is 18.5. The van der Waals surface area contributed by atoms with E-state index >= 15 is 0 Å². The maximum atomic E-state index is 11.9. The minimum absolute atomic E-state index is 0.123. The van der Waals surface area contributed by atoms with E-state index in [-0.39, 0.29) is 12.0 Å². The molecule has 0 saturated carbocycles. The van der Waals surface area contributed by atoms with Crippen LogP contribution >= 0.6 is 11.3 Å². The van der Waals surface area contributed by atoms with Crippen molar-refractivity contribution in [3.8, 4) is 6.08 Å². The number of hydrogen-bond donors (Lipinski definition) is 0. The molecule has 2 heterocycles. The summed E-state index contributed by atoms with van der Waals surface area (Å²) in [6.07, 6.45) is 2.83. The molecule has 0 aliphatic rings. The normalized spacial score (nSPS) is 10.2. The number of aryl methyl sites for hydroxylation is 1. The van der Waals surface area contributed by atoms with Gasteiger partial charge in [0.25, 0.3) is 5.91 Å². The van der Waals surface area contributed by atoms with Crippen molar-refractivity contribution in [2.75, 3.05) is 12.0 Å². The summed E-state index contributed by atoms with van der Waals surface area (Å²) in [5, 5.41) is 2.01. The number of rotatable bonds is 5. The molecule has 0 unspecified atom stereocenters. The van der Waals surface area contributed by atoms with Gasteiger partial charge in [-0.2, -0.15) is 4.98 Å². The average Bonchev–Trinajstić information content (AvgIpc) is 3.03. The first-order chi connectivity index (χ1) is 9.13. The lowest BCUT2D eigenvalue weighted by molar-refractivity contribution is -0.114. The standard InChI is InChI=1S/C13H14N2O3S/c1-4-11(16)15(7-10-5-9(2)19-8-10)12-6-14-13(17-3)18-12/h4-6,8H,1,7H2,2-3H3. The lowest BCUT2D eigenvalue weighted by Gasteiger charge is -2.16. The van der Waals surface area contributed by atoms with Crippen LogP contribution in [0.4, 0.5) is 5.88 Å². The van der Waals surface area contributed by atoms with Crippen LogP contribution in [0.3, 0.4) is 0 Å². The molecule has 1 amide bonds. The van der Waals surface area contributed by atoms with Gasteiger partial charge in [0, 0.05) is 4.88 Å². The molecule has 0 fully saturated rings. The molecule has 0 bridgehead atoms. The summed E-state index contributed by atoms with van der Waals surface area (Å²) >= 11 is 1.64. The topological polar surface area (TPSA) is 55.6 Å².